The molecule has 1 fully saturated rings. The van der Waals surface area contributed by atoms with Crippen LogP contribution in [0.25, 0.3) is 0 Å². The van der Waals surface area contributed by atoms with Crippen molar-refractivity contribution >= 4 is 0 Å². The van der Waals surface area contributed by atoms with E-state index in [0.29, 0.717) is 6.04 Å². The molecule has 1 aliphatic rings. The Hall–Kier alpha value is -0.890. The molecule has 11 heavy (non-hydrogen) atoms. The summed E-state index contributed by atoms with van der Waals surface area (Å²) in [6.45, 7) is 3.32. The van der Waals surface area contributed by atoms with Gasteiger partial charge < -0.3 is 0 Å². The van der Waals surface area contributed by atoms with Crippen LogP contribution in [0.3, 0.4) is 0 Å². The second-order valence-electron chi connectivity index (χ2n) is 3.19. The fraction of sp³-hybridized carbons (Fsp3) is 0.444. The highest BCUT2D eigenvalue weighted by atomic mass is 15.3. The molecule has 0 aliphatic carbocycles. The fourth-order valence-corrected chi connectivity index (χ4v) is 1.42. The Labute approximate surface area is 66.9 Å². The van der Waals surface area contributed by atoms with Crippen molar-refractivity contribution in [3.8, 4) is 0 Å². The van der Waals surface area contributed by atoms with Crippen LogP contribution in [0.5, 0.6) is 0 Å². The van der Waals surface area contributed by atoms with E-state index in [2.05, 4.69) is 29.9 Å². The van der Waals surface area contributed by atoms with Gasteiger partial charge in [0.05, 0.1) is 0 Å². The van der Waals surface area contributed by atoms with Gasteiger partial charge in [-0.3, -0.25) is 9.88 Å². The molecule has 1 aromatic heterocycles. The Balaban J connectivity index is 2.31. The Bertz CT molecular complexity index is 270. The summed E-state index contributed by atoms with van der Waals surface area (Å²) in [6, 6.07) is 2.78. The van der Waals surface area contributed by atoms with Crippen LogP contribution in [-0.4, -0.2) is 23.5 Å². The fourth-order valence-electron chi connectivity index (χ4n) is 1.42. The van der Waals surface area contributed by atoms with E-state index in [9.17, 15) is 0 Å². The topological polar surface area (TPSA) is 15.9 Å². The van der Waals surface area contributed by atoms with Gasteiger partial charge in [-0.05, 0) is 31.2 Å². The van der Waals surface area contributed by atoms with Crippen molar-refractivity contribution in [1.82, 2.24) is 9.88 Å². The summed E-state index contributed by atoms with van der Waals surface area (Å²) < 4.78 is 0. The molecule has 58 valence electrons. The molecule has 2 rings (SSSR count). The monoisotopic (exact) mass is 148 g/mol. The van der Waals surface area contributed by atoms with Crippen LogP contribution in [0.1, 0.15) is 17.2 Å². The minimum Gasteiger partial charge on any atom is -0.296 e. The van der Waals surface area contributed by atoms with E-state index < -0.39 is 0 Å². The Morgan fingerprint density at radius 2 is 2.36 bits per heavy atom. The minimum absolute atomic E-state index is 0.665. The lowest BCUT2D eigenvalue weighted by molar-refractivity contribution is 0.629. The maximum absolute atomic E-state index is 4.06. The molecule has 0 spiro atoms. The Kier molecular flexibility index (Phi) is 1.43. The van der Waals surface area contributed by atoms with E-state index >= 15 is 0 Å². The van der Waals surface area contributed by atoms with Gasteiger partial charge in [0.15, 0.2) is 0 Å². The van der Waals surface area contributed by atoms with Gasteiger partial charge in [-0.25, -0.2) is 0 Å². The Morgan fingerprint density at radius 1 is 1.64 bits per heavy atom. The van der Waals surface area contributed by atoms with Gasteiger partial charge in [0.2, 0.25) is 0 Å². The summed E-state index contributed by atoms with van der Waals surface area (Å²) in [5, 5.41) is 0. The molecule has 1 aromatic rings. The van der Waals surface area contributed by atoms with E-state index in [1.165, 1.54) is 17.7 Å². The SMILES string of the molecule is Cc1cnccc1C1CN1C. The number of aryl methyl sites for hydroxylation is 1. The van der Waals surface area contributed by atoms with Gasteiger partial charge in [0.1, 0.15) is 0 Å². The molecular weight excluding hydrogens is 136 g/mol. The highest BCUT2D eigenvalue weighted by molar-refractivity contribution is 5.28. The van der Waals surface area contributed by atoms with Gasteiger partial charge in [0.25, 0.3) is 0 Å². The summed E-state index contributed by atoms with van der Waals surface area (Å²) >= 11 is 0. The summed E-state index contributed by atoms with van der Waals surface area (Å²) in [5.41, 5.74) is 2.74. The van der Waals surface area contributed by atoms with Crippen LogP contribution in [-0.2, 0) is 0 Å². The van der Waals surface area contributed by atoms with Crippen LogP contribution >= 0.6 is 0 Å². The molecule has 2 heteroatoms. The van der Waals surface area contributed by atoms with Gasteiger partial charge in [0, 0.05) is 25.0 Å². The molecule has 1 saturated heterocycles. The molecular formula is C9H12N2. The third kappa shape index (κ3) is 1.14. The molecule has 2 heterocycles. The second kappa shape index (κ2) is 2.31. The smallest absolute Gasteiger partial charge is 0.0476 e. The van der Waals surface area contributed by atoms with Crippen molar-refractivity contribution in [1.29, 1.82) is 0 Å². The number of hydrogen-bond acceptors (Lipinski definition) is 2. The first-order valence-electron chi connectivity index (χ1n) is 3.90. The lowest BCUT2D eigenvalue weighted by Crippen LogP contribution is -1.91. The van der Waals surface area contributed by atoms with Gasteiger partial charge in [-0.1, -0.05) is 0 Å². The molecule has 0 amide bonds. The number of rotatable bonds is 1. The standard InChI is InChI=1S/C9H12N2/c1-7-5-10-4-3-8(7)9-6-11(9)2/h3-5,9H,6H2,1-2H3. The molecule has 2 unspecified atom stereocenters. The molecule has 0 saturated carbocycles. The molecule has 0 bridgehead atoms. The third-order valence-corrected chi connectivity index (χ3v) is 2.28. The van der Waals surface area contributed by atoms with Crippen molar-refractivity contribution in [3.63, 3.8) is 0 Å². The summed E-state index contributed by atoms with van der Waals surface area (Å²) in [7, 11) is 2.14. The van der Waals surface area contributed by atoms with E-state index in [4.69, 9.17) is 0 Å². The summed E-state index contributed by atoms with van der Waals surface area (Å²) in [6.07, 6.45) is 3.80. The average molecular weight is 148 g/mol. The average Bonchev–Trinajstić information content (AvgIpc) is 2.68. The maximum Gasteiger partial charge on any atom is 0.0476 e. The van der Waals surface area contributed by atoms with Gasteiger partial charge >= 0.3 is 0 Å². The molecule has 1 aliphatic heterocycles. The lowest BCUT2D eigenvalue weighted by Gasteiger charge is -2.01. The predicted octanol–water partition coefficient (Wildman–Crippen LogP) is 1.38. The lowest BCUT2D eigenvalue weighted by atomic mass is 10.1. The zero-order chi connectivity index (χ0) is 7.84. The van der Waals surface area contributed by atoms with Crippen LogP contribution in [0.15, 0.2) is 18.5 Å². The van der Waals surface area contributed by atoms with E-state index in [0.717, 1.165) is 0 Å². The van der Waals surface area contributed by atoms with Crippen molar-refractivity contribution in [2.75, 3.05) is 13.6 Å². The molecule has 2 nitrogen and oxygen atoms in total. The zero-order valence-corrected chi connectivity index (χ0v) is 6.91. The van der Waals surface area contributed by atoms with E-state index in [1.807, 2.05) is 12.4 Å². The largest absolute Gasteiger partial charge is 0.296 e. The van der Waals surface area contributed by atoms with Crippen molar-refractivity contribution in [3.05, 3.63) is 29.6 Å². The molecule has 2 atom stereocenters. The number of likely N-dealkylation sites (N-methyl/N-ethyl adjacent to an activating group) is 1. The number of hydrogen-bond donors (Lipinski definition) is 0. The van der Waals surface area contributed by atoms with Crippen molar-refractivity contribution in [2.24, 2.45) is 0 Å². The van der Waals surface area contributed by atoms with Crippen LogP contribution in [0.2, 0.25) is 0 Å². The summed E-state index contributed by atoms with van der Waals surface area (Å²) in [5.74, 6) is 0. The first kappa shape index (κ1) is 6.80. The number of nitrogens with zero attached hydrogens (tertiary/aromatic N) is 2. The molecule has 0 aromatic carbocycles. The normalized spacial score (nSPS) is 28.5. The number of aromatic nitrogens is 1. The predicted molar refractivity (Wildman–Crippen MR) is 44.3 cm³/mol. The van der Waals surface area contributed by atoms with Crippen LogP contribution in [0.4, 0.5) is 0 Å². The minimum atomic E-state index is 0.665. The number of pyridine rings is 1. The Morgan fingerprint density at radius 3 is 2.91 bits per heavy atom. The van der Waals surface area contributed by atoms with Crippen LogP contribution < -0.4 is 0 Å². The van der Waals surface area contributed by atoms with Crippen molar-refractivity contribution < 1.29 is 0 Å². The maximum atomic E-state index is 4.06. The van der Waals surface area contributed by atoms with Gasteiger partial charge in [-0.15, -0.1) is 0 Å². The zero-order valence-electron chi connectivity index (χ0n) is 6.91. The molecule has 0 radical (unpaired) electrons. The van der Waals surface area contributed by atoms with E-state index in [1.54, 1.807) is 0 Å². The highest BCUT2D eigenvalue weighted by Crippen LogP contribution is 2.33. The molecule has 0 N–H and O–H groups in total. The quantitative estimate of drug-likeness (QED) is 0.559. The summed E-state index contributed by atoms with van der Waals surface area (Å²) in [4.78, 5) is 6.38. The first-order chi connectivity index (χ1) is 5.29. The third-order valence-electron chi connectivity index (χ3n) is 2.28. The van der Waals surface area contributed by atoms with Crippen molar-refractivity contribution in [2.45, 2.75) is 13.0 Å². The first-order valence-corrected chi connectivity index (χ1v) is 3.90. The second-order valence-corrected chi connectivity index (χ2v) is 3.19. The van der Waals surface area contributed by atoms with E-state index in [-0.39, 0.29) is 0 Å². The van der Waals surface area contributed by atoms with Crippen LogP contribution in [0, 0.1) is 6.92 Å². The van der Waals surface area contributed by atoms with Gasteiger partial charge in [-0.2, -0.15) is 0 Å². The highest BCUT2D eigenvalue weighted by Gasteiger charge is 2.31.